The molecule has 1 saturated carbocycles. The molecule has 0 unspecified atom stereocenters. The van der Waals surface area contributed by atoms with Crippen molar-refractivity contribution in [2.24, 2.45) is 5.41 Å². The number of fused-ring (bicyclic) bond motifs is 1. The van der Waals surface area contributed by atoms with E-state index in [2.05, 4.69) is 14.6 Å². The largest absolute Gasteiger partial charge is 0.574 e. The number of rotatable bonds is 4. The molecule has 1 spiro atoms. The molecule has 12 heteroatoms. The van der Waals surface area contributed by atoms with Gasteiger partial charge in [0, 0.05) is 48.8 Å². The minimum Gasteiger partial charge on any atom is -0.476 e. The van der Waals surface area contributed by atoms with E-state index in [0.717, 1.165) is 18.9 Å². The van der Waals surface area contributed by atoms with E-state index in [1.54, 1.807) is 0 Å². The minimum atomic E-state index is -4.83. The third-order valence-electron chi connectivity index (χ3n) is 6.80. The highest BCUT2D eigenvalue weighted by molar-refractivity contribution is 7.89. The number of hydrogen-bond donors (Lipinski definition) is 0. The second kappa shape index (κ2) is 8.06. The van der Waals surface area contributed by atoms with Crippen molar-refractivity contribution in [3.63, 3.8) is 0 Å². The van der Waals surface area contributed by atoms with E-state index >= 15 is 0 Å². The molecule has 184 valence electrons. The number of alkyl halides is 3. The summed E-state index contributed by atoms with van der Waals surface area (Å²) in [6.07, 6.45) is -3.28. The molecule has 2 aliphatic heterocycles. The molecular weight excluding hydrogens is 478 g/mol. The fourth-order valence-electron chi connectivity index (χ4n) is 5.11. The Morgan fingerprint density at radius 2 is 1.85 bits per heavy atom. The van der Waals surface area contributed by atoms with Gasteiger partial charge in [-0.05, 0) is 38.0 Å². The number of aromatic nitrogens is 1. The molecule has 0 N–H and O–H groups in total. The number of hydrogen-bond acceptors (Lipinski definition) is 6. The summed E-state index contributed by atoms with van der Waals surface area (Å²) in [5, 5.41) is 0. The molecule has 0 bridgehead atoms. The molecule has 1 saturated heterocycles. The van der Waals surface area contributed by atoms with Crippen molar-refractivity contribution in [3.05, 3.63) is 47.8 Å². The second-order valence-electron chi connectivity index (χ2n) is 9.26. The van der Waals surface area contributed by atoms with E-state index < -0.39 is 28.1 Å². The van der Waals surface area contributed by atoms with Crippen molar-refractivity contribution in [2.75, 3.05) is 19.7 Å². The molecule has 3 heterocycles. The van der Waals surface area contributed by atoms with Crippen LogP contribution in [0.1, 0.15) is 25.3 Å². The summed E-state index contributed by atoms with van der Waals surface area (Å²) in [4.78, 5) is 5.78. The van der Waals surface area contributed by atoms with E-state index in [4.69, 9.17) is 4.74 Å². The third-order valence-corrected chi connectivity index (χ3v) is 8.62. The first kappa shape index (κ1) is 23.3. The predicted octanol–water partition coefficient (Wildman–Crippen LogP) is 3.56. The molecule has 1 aliphatic carbocycles. The lowest BCUT2D eigenvalue weighted by molar-refractivity contribution is -0.276. The summed E-state index contributed by atoms with van der Waals surface area (Å²) in [5.41, 5.74) is 0.527. The number of halogens is 4. The van der Waals surface area contributed by atoms with E-state index in [9.17, 15) is 26.0 Å². The van der Waals surface area contributed by atoms with Crippen LogP contribution in [0.4, 0.5) is 17.6 Å². The van der Waals surface area contributed by atoms with E-state index in [1.165, 1.54) is 34.6 Å². The summed E-state index contributed by atoms with van der Waals surface area (Å²) in [6.45, 7) is 3.37. The first-order chi connectivity index (χ1) is 16.0. The molecule has 1 atom stereocenters. The van der Waals surface area contributed by atoms with Gasteiger partial charge >= 0.3 is 6.36 Å². The van der Waals surface area contributed by atoms with Crippen LogP contribution in [0.15, 0.2) is 41.3 Å². The van der Waals surface area contributed by atoms with Gasteiger partial charge in [-0.3, -0.25) is 4.90 Å². The molecule has 0 radical (unpaired) electrons. The van der Waals surface area contributed by atoms with Crippen LogP contribution >= 0.6 is 0 Å². The Labute approximate surface area is 194 Å². The quantitative estimate of drug-likeness (QED) is 0.597. The zero-order valence-corrected chi connectivity index (χ0v) is 19.1. The van der Waals surface area contributed by atoms with Gasteiger partial charge in [-0.1, -0.05) is 12.1 Å². The Morgan fingerprint density at radius 3 is 2.53 bits per heavy atom. The Hall–Kier alpha value is -2.44. The molecule has 2 aromatic rings. The lowest BCUT2D eigenvalue weighted by atomic mass is 9.61. The molecule has 1 aromatic carbocycles. The van der Waals surface area contributed by atoms with Crippen LogP contribution in [0.3, 0.4) is 0 Å². The van der Waals surface area contributed by atoms with Gasteiger partial charge in [0.2, 0.25) is 21.8 Å². The number of benzene rings is 1. The second-order valence-corrected chi connectivity index (χ2v) is 11.2. The van der Waals surface area contributed by atoms with E-state index in [1.807, 2.05) is 6.92 Å². The molecule has 1 aromatic heterocycles. The van der Waals surface area contributed by atoms with Crippen LogP contribution in [0.2, 0.25) is 0 Å². The Bertz CT molecular complexity index is 1190. The Morgan fingerprint density at radius 1 is 1.15 bits per heavy atom. The van der Waals surface area contributed by atoms with E-state index in [0.29, 0.717) is 25.2 Å². The van der Waals surface area contributed by atoms with Crippen molar-refractivity contribution in [3.8, 4) is 11.8 Å². The first-order valence-corrected chi connectivity index (χ1v) is 12.3. The summed E-state index contributed by atoms with van der Waals surface area (Å²) < 4.78 is 87.9. The minimum absolute atomic E-state index is 0.0122. The van der Waals surface area contributed by atoms with Gasteiger partial charge in [-0.25, -0.2) is 12.8 Å². The van der Waals surface area contributed by atoms with Crippen LogP contribution in [-0.2, 0) is 16.6 Å². The van der Waals surface area contributed by atoms with Gasteiger partial charge < -0.3 is 9.47 Å². The SMILES string of the molecule is C[C@@H]1COc2nc(OC(F)(F)F)ccc2CN1C1CC2(C1)CN(S(=O)(=O)c1ccccc1F)C2. The molecule has 2 fully saturated rings. The highest BCUT2D eigenvalue weighted by Crippen LogP contribution is 2.52. The van der Waals surface area contributed by atoms with Crippen molar-refractivity contribution >= 4 is 10.0 Å². The number of sulfonamides is 1. The van der Waals surface area contributed by atoms with Crippen LogP contribution in [0.5, 0.6) is 11.8 Å². The summed E-state index contributed by atoms with van der Waals surface area (Å²) in [6, 6.07) is 8.21. The number of nitrogens with zero attached hydrogens (tertiary/aromatic N) is 3. The van der Waals surface area contributed by atoms with Crippen LogP contribution in [0.25, 0.3) is 0 Å². The normalized spacial score (nSPS) is 23.4. The van der Waals surface area contributed by atoms with Gasteiger partial charge in [0.25, 0.3) is 0 Å². The molecule has 3 aliphatic rings. The molecule has 0 amide bonds. The molecule has 7 nitrogen and oxygen atoms in total. The summed E-state index contributed by atoms with van der Waals surface area (Å²) in [5.74, 6) is -1.21. The average Bonchev–Trinajstić information content (AvgIpc) is 2.84. The Balaban J connectivity index is 1.23. The monoisotopic (exact) mass is 501 g/mol. The van der Waals surface area contributed by atoms with Crippen molar-refractivity contribution in [2.45, 2.75) is 49.7 Å². The van der Waals surface area contributed by atoms with Gasteiger partial charge in [0.15, 0.2) is 0 Å². The Kier molecular flexibility index (Phi) is 5.53. The summed E-state index contributed by atoms with van der Waals surface area (Å²) >= 11 is 0. The maximum absolute atomic E-state index is 14.0. The standard InChI is InChI=1S/C22H23F4N3O4S/c1-14-11-32-20-15(6-7-19(27-20)33-22(24,25)26)10-29(14)16-8-21(9-16)12-28(13-21)34(30,31)18-5-3-2-4-17(18)23/h2-7,14,16H,8-13H2,1H3/t14-/m1/s1. The smallest absolute Gasteiger partial charge is 0.476 e. The van der Waals surface area contributed by atoms with Gasteiger partial charge in [-0.15, -0.1) is 13.2 Å². The number of ether oxygens (including phenoxy) is 2. The van der Waals surface area contributed by atoms with Crippen molar-refractivity contribution in [1.29, 1.82) is 0 Å². The average molecular weight is 502 g/mol. The van der Waals surface area contributed by atoms with Crippen LogP contribution in [0, 0.1) is 11.2 Å². The van der Waals surface area contributed by atoms with Gasteiger partial charge in [0.1, 0.15) is 17.3 Å². The van der Waals surface area contributed by atoms with Crippen LogP contribution < -0.4 is 9.47 Å². The zero-order valence-electron chi connectivity index (χ0n) is 18.3. The third kappa shape index (κ3) is 4.22. The summed E-state index contributed by atoms with van der Waals surface area (Å²) in [7, 11) is -3.87. The molecule has 34 heavy (non-hydrogen) atoms. The zero-order chi connectivity index (χ0) is 24.3. The maximum atomic E-state index is 14.0. The molecular formula is C22H23F4N3O4S. The maximum Gasteiger partial charge on any atom is 0.574 e. The highest BCUT2D eigenvalue weighted by Gasteiger charge is 2.57. The topological polar surface area (TPSA) is 72.0 Å². The van der Waals surface area contributed by atoms with E-state index in [-0.39, 0.29) is 34.9 Å². The predicted molar refractivity (Wildman–Crippen MR) is 112 cm³/mol. The molecule has 5 rings (SSSR count). The highest BCUT2D eigenvalue weighted by atomic mass is 32.2. The lowest BCUT2D eigenvalue weighted by Crippen LogP contribution is -2.68. The lowest BCUT2D eigenvalue weighted by Gasteiger charge is -2.60. The fourth-order valence-corrected chi connectivity index (χ4v) is 6.84. The van der Waals surface area contributed by atoms with Crippen LogP contribution in [-0.4, -0.2) is 60.7 Å². The fraction of sp³-hybridized carbons (Fsp3) is 0.500. The first-order valence-electron chi connectivity index (χ1n) is 10.8. The van der Waals surface area contributed by atoms with Gasteiger partial charge in [-0.2, -0.15) is 9.29 Å². The number of pyridine rings is 1. The van der Waals surface area contributed by atoms with Crippen molar-refractivity contribution in [1.82, 2.24) is 14.2 Å². The van der Waals surface area contributed by atoms with Gasteiger partial charge in [0.05, 0.1) is 0 Å². The van der Waals surface area contributed by atoms with Crippen molar-refractivity contribution < 1.29 is 35.5 Å².